The molecule has 2 amide bonds. The number of alkyl halides is 3. The summed E-state index contributed by atoms with van der Waals surface area (Å²) in [7, 11) is -7.52. The maximum absolute atomic E-state index is 14.6. The fourth-order valence-electron chi connectivity index (χ4n) is 13.3. The highest BCUT2D eigenvalue weighted by Crippen LogP contribution is 2.53. The number of carbonyl (C=O) groups excluding carboxylic acids is 4. The van der Waals surface area contributed by atoms with Crippen molar-refractivity contribution >= 4 is 58.1 Å². The Bertz CT molecular complexity index is 3530. The third-order valence-corrected chi connectivity index (χ3v) is 19.5. The van der Waals surface area contributed by atoms with E-state index in [0.29, 0.717) is 72.3 Å². The molecule has 2 aliphatic heterocycles. The van der Waals surface area contributed by atoms with Gasteiger partial charge in [-0.2, -0.15) is 21.6 Å². The van der Waals surface area contributed by atoms with Gasteiger partial charge in [0.2, 0.25) is 0 Å². The summed E-state index contributed by atoms with van der Waals surface area (Å²) in [5, 5.41) is 17.6. The van der Waals surface area contributed by atoms with Gasteiger partial charge in [0.1, 0.15) is 28.5 Å². The van der Waals surface area contributed by atoms with E-state index in [1.54, 1.807) is 62.4 Å². The summed E-state index contributed by atoms with van der Waals surface area (Å²) in [6, 6.07) is 27.9. The summed E-state index contributed by atoms with van der Waals surface area (Å²) in [6.07, 6.45) is 8.19. The van der Waals surface area contributed by atoms with Crippen molar-refractivity contribution in [3.05, 3.63) is 125 Å². The molecule has 2 atom stereocenters. The van der Waals surface area contributed by atoms with Gasteiger partial charge in [0, 0.05) is 5.56 Å². The van der Waals surface area contributed by atoms with Gasteiger partial charge in [0.15, 0.2) is 0 Å². The highest BCUT2D eigenvalue weighted by atomic mass is 32.2. The van der Waals surface area contributed by atoms with Crippen LogP contribution in [0.1, 0.15) is 272 Å². The summed E-state index contributed by atoms with van der Waals surface area (Å²) in [5.41, 5.74) is -3.15. The van der Waals surface area contributed by atoms with Crippen molar-refractivity contribution in [2.75, 3.05) is 0 Å². The molecule has 0 bridgehead atoms. The molecule has 554 valence electrons. The number of halogens is 3. The quantitative estimate of drug-likeness (QED) is 0.0387. The summed E-state index contributed by atoms with van der Waals surface area (Å²) < 4.78 is 90.0. The van der Waals surface area contributed by atoms with Gasteiger partial charge < -0.3 is 43.0 Å². The Morgan fingerprint density at radius 1 is 0.540 bits per heavy atom. The van der Waals surface area contributed by atoms with Crippen molar-refractivity contribution in [3.63, 3.8) is 0 Å². The van der Waals surface area contributed by atoms with Crippen LogP contribution in [-0.4, -0.2) is 112 Å². The molecule has 2 N–H and O–H groups in total. The standard InChI is InChI=1S/C38H54N2O4.C30H43F3N2O6S.C9H13BO3.CH4/c1-25(2)43-31-17-15-28(16-18-31)33-34(41)40(38(39-33)23-19-30(20-24-38)37(8,9)10)32(21-22-36(5,6)7)27-11-13-29(14-12-27)35(42)44-26(3)4;1-19(2)40-26(37)21-11-9-20(10-12-21)23(15-16-27(3,4)5)35-25(36)24(41-42(38,39)30(31,32)33)34-29(35)17-13-22(14-18-29)28(6,7)8;1-7(2)13-9-5-3-8(4-6-9)10(11)12;/h11-18,25-26,30,32H,19-24H2,1-10H3;9-12,19,22-23H,13-18H2,1-8H3;3-7,11-12H,1-2H3;1H4/t30?,32-,38?;22?,23-,29?;;/m11../s1. The molecule has 0 unspecified atom stereocenters. The van der Waals surface area contributed by atoms with Crippen molar-refractivity contribution in [2.24, 2.45) is 43.5 Å². The Morgan fingerprint density at radius 3 is 1.21 bits per heavy atom. The maximum Gasteiger partial charge on any atom is 0.534 e. The van der Waals surface area contributed by atoms with E-state index in [-0.39, 0.29) is 77.3 Å². The van der Waals surface area contributed by atoms with E-state index in [4.69, 9.17) is 34.0 Å². The van der Waals surface area contributed by atoms with Crippen molar-refractivity contribution in [3.8, 4) is 11.5 Å². The molecule has 2 spiro atoms. The molecule has 2 heterocycles. The topological polar surface area (TPSA) is 220 Å². The molecule has 4 aromatic rings. The number of aliphatic imine (C=N–C) groups is 2. The monoisotopic (exact) mass is 1410 g/mol. The van der Waals surface area contributed by atoms with Crippen LogP contribution in [0, 0.1) is 33.5 Å². The molecule has 8 rings (SSSR count). The lowest BCUT2D eigenvalue weighted by molar-refractivity contribution is -0.135. The second-order valence-electron chi connectivity index (χ2n) is 32.6. The lowest BCUT2D eigenvalue weighted by Gasteiger charge is -2.47. The molecular formula is C78H114BF3N4O13S. The van der Waals surface area contributed by atoms with Gasteiger partial charge in [-0.25, -0.2) is 14.6 Å². The van der Waals surface area contributed by atoms with E-state index in [9.17, 15) is 40.8 Å². The average molecular weight is 1420 g/mol. The molecule has 4 aliphatic rings. The van der Waals surface area contributed by atoms with Crippen LogP contribution in [-0.2, 0) is 33.4 Å². The summed E-state index contributed by atoms with van der Waals surface area (Å²) >= 11 is 0. The van der Waals surface area contributed by atoms with E-state index in [1.165, 1.54) is 4.90 Å². The summed E-state index contributed by atoms with van der Waals surface area (Å²) in [4.78, 5) is 66.8. The zero-order valence-electron chi connectivity index (χ0n) is 62.1. The smallest absolute Gasteiger partial charge is 0.491 e. The van der Waals surface area contributed by atoms with Crippen LogP contribution < -0.4 is 14.9 Å². The molecule has 4 aromatic carbocycles. The Labute approximate surface area is 595 Å². The molecule has 2 saturated carbocycles. The predicted octanol–water partition coefficient (Wildman–Crippen LogP) is 17.1. The average Bonchev–Trinajstić information content (AvgIpc) is 1.59. The van der Waals surface area contributed by atoms with Crippen LogP contribution in [0.25, 0.3) is 0 Å². The first-order valence-electron chi connectivity index (χ1n) is 35.0. The molecule has 0 radical (unpaired) electrons. The maximum atomic E-state index is 14.6. The predicted molar refractivity (Wildman–Crippen MR) is 390 cm³/mol. The van der Waals surface area contributed by atoms with Crippen molar-refractivity contribution < 1.29 is 73.9 Å². The zero-order valence-corrected chi connectivity index (χ0v) is 63.0. The minimum absolute atomic E-state index is 0. The molecule has 17 nitrogen and oxygen atoms in total. The van der Waals surface area contributed by atoms with Crippen LogP contribution in [0.4, 0.5) is 13.2 Å². The second-order valence-corrected chi connectivity index (χ2v) is 34.2. The number of esters is 2. The summed E-state index contributed by atoms with van der Waals surface area (Å²) in [6.45, 7) is 41.2. The number of carbonyl (C=O) groups is 4. The number of rotatable bonds is 19. The fourth-order valence-corrected chi connectivity index (χ4v) is 13.7. The van der Waals surface area contributed by atoms with E-state index in [2.05, 4.69) is 76.4 Å². The largest absolute Gasteiger partial charge is 0.534 e. The zero-order chi connectivity index (χ0) is 74.2. The van der Waals surface area contributed by atoms with Crippen molar-refractivity contribution in [2.45, 2.75) is 276 Å². The van der Waals surface area contributed by atoms with Gasteiger partial charge in [-0.05, 0) is 243 Å². The van der Waals surface area contributed by atoms with Gasteiger partial charge in [-0.1, -0.05) is 127 Å². The van der Waals surface area contributed by atoms with Gasteiger partial charge in [0.25, 0.3) is 11.8 Å². The molecule has 100 heavy (non-hydrogen) atoms. The third kappa shape index (κ3) is 22.6. The molecule has 0 saturated heterocycles. The molecule has 22 heteroatoms. The minimum atomic E-state index is -6.11. The number of hydrogen-bond donors (Lipinski definition) is 2. The fraction of sp³-hybridized carbons (Fsp3) is 0.615. The van der Waals surface area contributed by atoms with E-state index < -0.39 is 57.9 Å². The Balaban J connectivity index is 0.000000303. The first-order valence-corrected chi connectivity index (χ1v) is 36.4. The third-order valence-electron chi connectivity index (χ3n) is 18.6. The summed E-state index contributed by atoms with van der Waals surface area (Å²) in [5.74, 6) is -0.548. The van der Waals surface area contributed by atoms with Gasteiger partial charge in [0.05, 0.1) is 47.6 Å². The highest BCUT2D eigenvalue weighted by Gasteiger charge is 2.58. The second kappa shape index (κ2) is 33.6. The Morgan fingerprint density at radius 2 is 0.890 bits per heavy atom. The van der Waals surface area contributed by atoms with Crippen LogP contribution >= 0.6 is 0 Å². The lowest BCUT2D eigenvalue weighted by Crippen LogP contribution is -2.51. The number of nitrogens with zero attached hydrogens (tertiary/aromatic N) is 4. The number of ether oxygens (including phenoxy) is 4. The van der Waals surface area contributed by atoms with Gasteiger partial charge in [-0.3, -0.25) is 14.6 Å². The van der Waals surface area contributed by atoms with E-state index >= 15 is 0 Å². The van der Waals surface area contributed by atoms with E-state index in [1.807, 2.05) is 111 Å². The first kappa shape index (κ1) is 83.9. The van der Waals surface area contributed by atoms with Crippen molar-refractivity contribution in [1.29, 1.82) is 0 Å². The van der Waals surface area contributed by atoms with Crippen LogP contribution in [0.2, 0.25) is 0 Å². The van der Waals surface area contributed by atoms with Crippen LogP contribution in [0.15, 0.2) is 107 Å². The van der Waals surface area contributed by atoms with E-state index in [0.717, 1.165) is 61.2 Å². The number of amides is 2. The van der Waals surface area contributed by atoms with Crippen molar-refractivity contribution in [1.82, 2.24) is 9.80 Å². The lowest BCUT2D eigenvalue weighted by atomic mass is 9.69. The molecule has 0 aromatic heterocycles. The van der Waals surface area contributed by atoms with Crippen LogP contribution in [0.5, 0.6) is 11.5 Å². The Hall–Kier alpha value is -6.78. The Kier molecular flexibility index (Phi) is 28.2. The van der Waals surface area contributed by atoms with Gasteiger partial charge >= 0.3 is 40.6 Å². The molecular weight excluding hydrogens is 1300 g/mol. The number of hydrogen-bond acceptors (Lipinski definition) is 15. The highest BCUT2D eigenvalue weighted by molar-refractivity contribution is 7.88. The van der Waals surface area contributed by atoms with Crippen LogP contribution in [0.3, 0.4) is 0 Å². The molecule has 2 fully saturated rings. The minimum Gasteiger partial charge on any atom is -0.491 e. The normalized spacial score (nSPS) is 20.4. The number of benzene rings is 4. The SMILES string of the molecule is C.CC(C)OC(=O)c1ccc([C@@H](CCC(C)(C)C)N2C(=O)C(OS(=O)(=O)C(F)(F)F)=NC23CCC(C(C)(C)C)CC3)cc1.CC(C)OC(=O)c1ccc([C@@H](CCC(C)(C)C)N2C(=O)C(c3ccc(OC(C)C)cc3)=NC23CCC(C(C)(C)C)CC3)cc1.CC(C)Oc1ccc(B(O)O)cc1. The van der Waals surface area contributed by atoms with Gasteiger partial charge in [-0.15, -0.1) is 0 Å². The first-order chi connectivity index (χ1) is 45.6. The molecule has 2 aliphatic carbocycles.